The maximum Gasteiger partial charge on any atom is 0.283 e. The molecule has 0 unspecified atom stereocenters. The maximum absolute atomic E-state index is 13.0. The monoisotopic (exact) mass is 436 g/mol. The van der Waals surface area contributed by atoms with Gasteiger partial charge in [0.25, 0.3) is 5.56 Å². The van der Waals surface area contributed by atoms with Crippen molar-refractivity contribution in [2.24, 2.45) is 0 Å². The number of aryl methyl sites for hydroxylation is 3. The van der Waals surface area contributed by atoms with E-state index in [2.05, 4.69) is 26.3 Å². The van der Waals surface area contributed by atoms with Gasteiger partial charge in [0.2, 0.25) is 0 Å². The molecule has 5 rings (SSSR count). The molecule has 4 heterocycles. The summed E-state index contributed by atoms with van der Waals surface area (Å²) < 4.78 is 3.20. The minimum atomic E-state index is -0.215. The van der Waals surface area contributed by atoms with Crippen molar-refractivity contribution in [2.75, 3.05) is 0 Å². The Hall–Kier alpha value is -3.10. The smallest absolute Gasteiger partial charge is 0.283 e. The zero-order chi connectivity index (χ0) is 20.7. The van der Waals surface area contributed by atoms with Gasteiger partial charge in [0, 0.05) is 16.4 Å². The average molecular weight is 437 g/mol. The second-order valence-electron chi connectivity index (χ2n) is 6.86. The molecule has 30 heavy (non-hydrogen) atoms. The van der Waals surface area contributed by atoms with Gasteiger partial charge in [-0.15, -0.1) is 21.5 Å². The van der Waals surface area contributed by atoms with Gasteiger partial charge in [-0.1, -0.05) is 36.7 Å². The summed E-state index contributed by atoms with van der Waals surface area (Å²) in [6, 6.07) is 11.6. The van der Waals surface area contributed by atoms with Crippen molar-refractivity contribution >= 4 is 39.7 Å². The standard InChI is InChI=1S/C21H17ClN6OS/c1-2-16-17(13-5-7-14(22)8-6-13)19-25-24-18-20(28(19)26-16)23-12-27(21(18)29)10-9-15-4-3-11-30-15/h3-8,11-12H,2,9-10H2,1H3. The lowest BCUT2D eigenvalue weighted by atomic mass is 10.0. The third kappa shape index (κ3) is 3.18. The molecule has 0 saturated heterocycles. The summed E-state index contributed by atoms with van der Waals surface area (Å²) in [5.74, 6) is 0. The van der Waals surface area contributed by atoms with Gasteiger partial charge in [-0.3, -0.25) is 9.36 Å². The molecule has 9 heteroatoms. The van der Waals surface area contributed by atoms with Crippen LogP contribution in [0, 0.1) is 0 Å². The fourth-order valence-corrected chi connectivity index (χ4v) is 4.33. The highest BCUT2D eigenvalue weighted by Gasteiger charge is 2.19. The summed E-state index contributed by atoms with van der Waals surface area (Å²) >= 11 is 7.71. The van der Waals surface area contributed by atoms with Crippen molar-refractivity contribution in [1.29, 1.82) is 0 Å². The summed E-state index contributed by atoms with van der Waals surface area (Å²) in [6.45, 7) is 2.57. The first kappa shape index (κ1) is 18.9. The molecule has 0 aliphatic heterocycles. The summed E-state index contributed by atoms with van der Waals surface area (Å²) in [5.41, 5.74) is 3.67. The number of hydrogen-bond acceptors (Lipinski definition) is 6. The molecule has 0 saturated carbocycles. The zero-order valence-electron chi connectivity index (χ0n) is 16.1. The van der Waals surface area contributed by atoms with Crippen molar-refractivity contribution in [3.8, 4) is 11.1 Å². The number of rotatable bonds is 5. The molecule has 1 aromatic carbocycles. The SMILES string of the molecule is CCc1nn2c(nnc3c(=O)n(CCc4cccs4)cnc32)c1-c1ccc(Cl)cc1. The molecule has 0 amide bonds. The highest BCUT2D eigenvalue weighted by Crippen LogP contribution is 2.29. The Labute approximate surface area is 180 Å². The van der Waals surface area contributed by atoms with E-state index in [-0.39, 0.29) is 11.1 Å². The van der Waals surface area contributed by atoms with Crippen LogP contribution < -0.4 is 5.56 Å². The third-order valence-electron chi connectivity index (χ3n) is 5.02. The minimum absolute atomic E-state index is 0.212. The fourth-order valence-electron chi connectivity index (χ4n) is 3.51. The molecule has 5 aromatic rings. The second kappa shape index (κ2) is 7.62. The largest absolute Gasteiger partial charge is 0.297 e. The highest BCUT2D eigenvalue weighted by molar-refractivity contribution is 7.09. The maximum atomic E-state index is 13.0. The number of aromatic nitrogens is 6. The molecular weight excluding hydrogens is 420 g/mol. The predicted octanol–water partition coefficient (Wildman–Crippen LogP) is 4.02. The van der Waals surface area contributed by atoms with Crippen molar-refractivity contribution < 1.29 is 0 Å². The Morgan fingerprint density at radius 3 is 2.67 bits per heavy atom. The quantitative estimate of drug-likeness (QED) is 0.415. The molecule has 7 nitrogen and oxygen atoms in total. The number of benzene rings is 1. The Bertz CT molecular complexity index is 1410. The lowest BCUT2D eigenvalue weighted by Gasteiger charge is -2.06. The first-order chi connectivity index (χ1) is 14.7. The van der Waals surface area contributed by atoms with Crippen LogP contribution in [0.15, 0.2) is 52.9 Å². The molecule has 0 radical (unpaired) electrons. The van der Waals surface area contributed by atoms with Crippen LogP contribution >= 0.6 is 22.9 Å². The first-order valence-electron chi connectivity index (χ1n) is 9.57. The van der Waals surface area contributed by atoms with Gasteiger partial charge in [-0.25, -0.2) is 4.98 Å². The van der Waals surface area contributed by atoms with Gasteiger partial charge in [-0.2, -0.15) is 9.61 Å². The molecule has 0 atom stereocenters. The first-order valence-corrected chi connectivity index (χ1v) is 10.8. The fraction of sp³-hybridized carbons (Fsp3) is 0.190. The Morgan fingerprint density at radius 2 is 1.93 bits per heavy atom. The van der Waals surface area contributed by atoms with E-state index in [0.717, 1.165) is 23.2 Å². The zero-order valence-corrected chi connectivity index (χ0v) is 17.7. The molecule has 0 fully saturated rings. The lowest BCUT2D eigenvalue weighted by molar-refractivity contribution is 0.662. The summed E-state index contributed by atoms with van der Waals surface area (Å²) in [5, 5.41) is 16.0. The Balaban J connectivity index is 1.64. The minimum Gasteiger partial charge on any atom is -0.297 e. The van der Waals surface area contributed by atoms with Crippen molar-refractivity contribution in [1.82, 2.24) is 29.4 Å². The number of fused-ring (bicyclic) bond motifs is 3. The van der Waals surface area contributed by atoms with Gasteiger partial charge in [-0.05, 0) is 42.0 Å². The van der Waals surface area contributed by atoms with E-state index < -0.39 is 0 Å². The van der Waals surface area contributed by atoms with E-state index in [1.165, 1.54) is 4.88 Å². The van der Waals surface area contributed by atoms with Crippen LogP contribution in [0.1, 0.15) is 17.5 Å². The molecule has 150 valence electrons. The molecule has 0 aliphatic rings. The van der Waals surface area contributed by atoms with Crippen LogP contribution in [0.25, 0.3) is 27.9 Å². The normalized spacial score (nSPS) is 11.5. The number of halogens is 1. The van der Waals surface area contributed by atoms with Crippen LogP contribution in [0.5, 0.6) is 0 Å². The highest BCUT2D eigenvalue weighted by atomic mass is 35.5. The molecule has 0 N–H and O–H groups in total. The average Bonchev–Trinajstić information content (AvgIpc) is 3.41. The number of hydrogen-bond donors (Lipinski definition) is 0. The van der Waals surface area contributed by atoms with Gasteiger partial charge in [0.05, 0.1) is 11.3 Å². The summed E-state index contributed by atoms with van der Waals surface area (Å²) in [6.07, 6.45) is 3.04. The van der Waals surface area contributed by atoms with E-state index in [1.807, 2.05) is 42.6 Å². The van der Waals surface area contributed by atoms with Crippen LogP contribution in [0.3, 0.4) is 0 Å². The van der Waals surface area contributed by atoms with E-state index in [4.69, 9.17) is 11.6 Å². The molecule has 4 aromatic heterocycles. The molecule has 0 spiro atoms. The van der Waals surface area contributed by atoms with Crippen LogP contribution in [0.2, 0.25) is 5.02 Å². The molecule has 0 bridgehead atoms. The van der Waals surface area contributed by atoms with Crippen LogP contribution in [-0.4, -0.2) is 29.4 Å². The van der Waals surface area contributed by atoms with E-state index in [0.29, 0.717) is 29.3 Å². The Morgan fingerprint density at radius 1 is 1.10 bits per heavy atom. The number of thiophene rings is 1. The van der Waals surface area contributed by atoms with Crippen LogP contribution in [-0.2, 0) is 19.4 Å². The van der Waals surface area contributed by atoms with Gasteiger partial charge < -0.3 is 0 Å². The van der Waals surface area contributed by atoms with E-state index in [9.17, 15) is 4.79 Å². The summed E-state index contributed by atoms with van der Waals surface area (Å²) in [4.78, 5) is 18.7. The Kier molecular flexibility index (Phi) is 4.80. The van der Waals surface area contributed by atoms with Gasteiger partial charge in [0.15, 0.2) is 16.8 Å². The van der Waals surface area contributed by atoms with Crippen molar-refractivity contribution in [3.63, 3.8) is 0 Å². The predicted molar refractivity (Wildman–Crippen MR) is 118 cm³/mol. The van der Waals surface area contributed by atoms with Gasteiger partial charge >= 0.3 is 0 Å². The van der Waals surface area contributed by atoms with E-state index in [1.54, 1.807) is 26.7 Å². The van der Waals surface area contributed by atoms with Crippen molar-refractivity contribution in [3.05, 3.63) is 74.1 Å². The summed E-state index contributed by atoms with van der Waals surface area (Å²) in [7, 11) is 0. The second-order valence-corrected chi connectivity index (χ2v) is 8.33. The molecule has 0 aliphatic carbocycles. The van der Waals surface area contributed by atoms with Crippen molar-refractivity contribution in [2.45, 2.75) is 26.3 Å². The molecular formula is C21H17ClN6OS. The van der Waals surface area contributed by atoms with E-state index >= 15 is 0 Å². The lowest BCUT2D eigenvalue weighted by Crippen LogP contribution is -2.23. The van der Waals surface area contributed by atoms with Crippen LogP contribution in [0.4, 0.5) is 0 Å². The third-order valence-corrected chi connectivity index (χ3v) is 6.21. The topological polar surface area (TPSA) is 78.0 Å². The number of nitrogens with zero attached hydrogens (tertiary/aromatic N) is 6. The van der Waals surface area contributed by atoms with Gasteiger partial charge in [0.1, 0.15) is 6.33 Å².